The highest BCUT2D eigenvalue weighted by molar-refractivity contribution is 5.98. The van der Waals surface area contributed by atoms with Crippen molar-refractivity contribution in [3.8, 4) is 11.5 Å². The fourth-order valence-corrected chi connectivity index (χ4v) is 2.74. The predicted molar refractivity (Wildman–Crippen MR) is 71.8 cm³/mol. The minimum atomic E-state index is 0.159. The maximum absolute atomic E-state index is 12.3. The van der Waals surface area contributed by atoms with Crippen molar-refractivity contribution >= 4 is 5.78 Å². The first kappa shape index (κ1) is 12.5. The van der Waals surface area contributed by atoms with Gasteiger partial charge < -0.3 is 9.47 Å². The van der Waals surface area contributed by atoms with Crippen LogP contribution in [0, 0.1) is 0 Å². The van der Waals surface area contributed by atoms with Crippen molar-refractivity contribution < 1.29 is 14.3 Å². The summed E-state index contributed by atoms with van der Waals surface area (Å²) in [6.45, 7) is 3.97. The number of piperidine rings is 1. The Bertz CT molecular complexity index is 486. The van der Waals surface area contributed by atoms with Crippen LogP contribution in [0.4, 0.5) is 0 Å². The highest BCUT2D eigenvalue weighted by Gasteiger charge is 2.22. The molecule has 0 saturated carbocycles. The number of hydrogen-bond donors (Lipinski definition) is 0. The Balaban J connectivity index is 1.70. The van der Waals surface area contributed by atoms with Crippen molar-refractivity contribution in [2.75, 3.05) is 19.9 Å². The summed E-state index contributed by atoms with van der Waals surface area (Å²) in [6.07, 6.45) is 3.66. The van der Waals surface area contributed by atoms with Crippen molar-refractivity contribution in [3.63, 3.8) is 0 Å². The third kappa shape index (κ3) is 2.59. The molecule has 0 spiro atoms. The molecule has 3 rings (SSSR count). The van der Waals surface area contributed by atoms with Crippen molar-refractivity contribution in [3.05, 3.63) is 23.8 Å². The van der Waals surface area contributed by atoms with Crippen LogP contribution in [0.1, 0.15) is 36.5 Å². The van der Waals surface area contributed by atoms with Crippen molar-refractivity contribution in [2.24, 2.45) is 0 Å². The summed E-state index contributed by atoms with van der Waals surface area (Å²) in [7, 11) is 0. The van der Waals surface area contributed by atoms with Crippen LogP contribution in [0.15, 0.2) is 18.2 Å². The molecule has 1 aromatic rings. The first-order valence-corrected chi connectivity index (χ1v) is 6.91. The number of fused-ring (bicyclic) bond motifs is 1. The molecule has 19 heavy (non-hydrogen) atoms. The molecule has 0 amide bonds. The summed E-state index contributed by atoms with van der Waals surface area (Å²) in [4.78, 5) is 14.6. The first-order valence-electron chi connectivity index (χ1n) is 6.91. The Morgan fingerprint density at radius 1 is 1.32 bits per heavy atom. The smallest absolute Gasteiger partial charge is 0.231 e. The van der Waals surface area contributed by atoms with E-state index in [0.29, 0.717) is 23.9 Å². The maximum Gasteiger partial charge on any atom is 0.231 e. The molecule has 0 bridgehead atoms. The van der Waals surface area contributed by atoms with E-state index in [9.17, 15) is 4.79 Å². The van der Waals surface area contributed by atoms with Crippen molar-refractivity contribution in [2.45, 2.75) is 32.2 Å². The second-order valence-corrected chi connectivity index (χ2v) is 5.31. The number of rotatable bonds is 3. The van der Waals surface area contributed by atoms with Gasteiger partial charge in [0.2, 0.25) is 6.79 Å². The summed E-state index contributed by atoms with van der Waals surface area (Å²) in [5, 5.41) is 0. The van der Waals surface area contributed by atoms with E-state index in [4.69, 9.17) is 9.47 Å². The lowest BCUT2D eigenvalue weighted by Gasteiger charge is -2.32. The molecular formula is C15H19NO3. The van der Waals surface area contributed by atoms with Gasteiger partial charge in [0.15, 0.2) is 17.3 Å². The molecule has 0 aliphatic carbocycles. The number of likely N-dealkylation sites (tertiary alicyclic amines) is 1. The molecule has 0 N–H and O–H groups in total. The molecule has 0 radical (unpaired) electrons. The SMILES string of the molecule is CC1CCCCN1CC(=O)c1ccc2c(c1)OCO2. The van der Waals surface area contributed by atoms with Gasteiger partial charge in [-0.15, -0.1) is 0 Å². The number of carbonyl (C=O) groups excluding carboxylic acids is 1. The Labute approximate surface area is 113 Å². The van der Waals surface area contributed by atoms with Gasteiger partial charge in [-0.05, 0) is 44.5 Å². The number of ketones is 1. The van der Waals surface area contributed by atoms with E-state index in [1.165, 1.54) is 19.3 Å². The van der Waals surface area contributed by atoms with Crippen LogP contribution in [0.2, 0.25) is 0 Å². The van der Waals surface area contributed by atoms with E-state index in [-0.39, 0.29) is 12.6 Å². The second kappa shape index (κ2) is 5.21. The van der Waals surface area contributed by atoms with Gasteiger partial charge in [-0.3, -0.25) is 9.69 Å². The number of ether oxygens (including phenoxy) is 2. The average molecular weight is 261 g/mol. The van der Waals surface area contributed by atoms with E-state index in [1.54, 1.807) is 6.07 Å². The number of hydrogen-bond acceptors (Lipinski definition) is 4. The minimum absolute atomic E-state index is 0.159. The zero-order valence-electron chi connectivity index (χ0n) is 11.2. The van der Waals surface area contributed by atoms with Crippen LogP contribution in [0.5, 0.6) is 11.5 Å². The largest absolute Gasteiger partial charge is 0.454 e. The predicted octanol–water partition coefficient (Wildman–Crippen LogP) is 2.47. The summed E-state index contributed by atoms with van der Waals surface area (Å²) in [5.41, 5.74) is 0.710. The lowest BCUT2D eigenvalue weighted by Crippen LogP contribution is -2.40. The third-order valence-electron chi connectivity index (χ3n) is 3.98. The number of benzene rings is 1. The molecule has 1 atom stereocenters. The summed E-state index contributed by atoms with van der Waals surface area (Å²) >= 11 is 0. The lowest BCUT2D eigenvalue weighted by atomic mass is 10.0. The fourth-order valence-electron chi connectivity index (χ4n) is 2.74. The Morgan fingerprint density at radius 3 is 3.00 bits per heavy atom. The number of nitrogens with zero attached hydrogens (tertiary/aromatic N) is 1. The molecular weight excluding hydrogens is 242 g/mol. The van der Waals surface area contributed by atoms with Gasteiger partial charge in [-0.1, -0.05) is 6.42 Å². The van der Waals surface area contributed by atoms with Crippen LogP contribution in [-0.2, 0) is 0 Å². The highest BCUT2D eigenvalue weighted by atomic mass is 16.7. The molecule has 102 valence electrons. The molecule has 4 nitrogen and oxygen atoms in total. The van der Waals surface area contributed by atoms with Gasteiger partial charge in [0.05, 0.1) is 6.54 Å². The Kier molecular flexibility index (Phi) is 3.42. The molecule has 2 aliphatic rings. The maximum atomic E-state index is 12.3. The molecule has 1 saturated heterocycles. The molecule has 1 aromatic carbocycles. The lowest BCUT2D eigenvalue weighted by molar-refractivity contribution is 0.0860. The highest BCUT2D eigenvalue weighted by Crippen LogP contribution is 2.32. The van der Waals surface area contributed by atoms with Gasteiger partial charge in [0.1, 0.15) is 0 Å². The normalized spacial score (nSPS) is 22.5. The standard InChI is InChI=1S/C15H19NO3/c1-11-4-2-3-7-16(11)9-13(17)12-5-6-14-15(8-12)19-10-18-14/h5-6,8,11H,2-4,7,9-10H2,1H3. The van der Waals surface area contributed by atoms with E-state index in [0.717, 1.165) is 12.3 Å². The zero-order valence-corrected chi connectivity index (χ0v) is 11.2. The monoisotopic (exact) mass is 261 g/mol. The fraction of sp³-hybridized carbons (Fsp3) is 0.533. The van der Waals surface area contributed by atoms with Crippen molar-refractivity contribution in [1.82, 2.24) is 4.90 Å². The second-order valence-electron chi connectivity index (χ2n) is 5.31. The van der Waals surface area contributed by atoms with E-state index in [2.05, 4.69) is 11.8 Å². The summed E-state index contributed by atoms with van der Waals surface area (Å²) in [6, 6.07) is 5.94. The Hall–Kier alpha value is -1.55. The molecule has 0 aromatic heterocycles. The third-order valence-corrected chi connectivity index (χ3v) is 3.98. The summed E-state index contributed by atoms with van der Waals surface area (Å²) in [5.74, 6) is 1.56. The van der Waals surface area contributed by atoms with Crippen molar-refractivity contribution in [1.29, 1.82) is 0 Å². The van der Waals surface area contributed by atoms with Crippen LogP contribution < -0.4 is 9.47 Å². The zero-order chi connectivity index (χ0) is 13.2. The van der Waals surface area contributed by atoms with Gasteiger partial charge in [0, 0.05) is 11.6 Å². The number of carbonyl (C=O) groups is 1. The molecule has 1 unspecified atom stereocenters. The van der Waals surface area contributed by atoms with Crippen LogP contribution in [0.3, 0.4) is 0 Å². The topological polar surface area (TPSA) is 38.8 Å². The molecule has 1 fully saturated rings. The van der Waals surface area contributed by atoms with Gasteiger partial charge in [-0.25, -0.2) is 0 Å². The summed E-state index contributed by atoms with van der Waals surface area (Å²) < 4.78 is 10.6. The minimum Gasteiger partial charge on any atom is -0.454 e. The molecule has 2 heterocycles. The van der Waals surface area contributed by atoms with E-state index < -0.39 is 0 Å². The Morgan fingerprint density at radius 2 is 2.16 bits per heavy atom. The molecule has 2 aliphatic heterocycles. The number of Topliss-reactive ketones (excluding diaryl/α,β-unsaturated/α-hetero) is 1. The van der Waals surface area contributed by atoms with Gasteiger partial charge in [0.25, 0.3) is 0 Å². The quantitative estimate of drug-likeness (QED) is 0.784. The van der Waals surface area contributed by atoms with E-state index in [1.807, 2.05) is 12.1 Å². The average Bonchev–Trinajstić information content (AvgIpc) is 2.88. The van der Waals surface area contributed by atoms with Gasteiger partial charge >= 0.3 is 0 Å². The molecule has 4 heteroatoms. The first-order chi connectivity index (χ1) is 9.24. The van der Waals surface area contributed by atoms with Gasteiger partial charge in [-0.2, -0.15) is 0 Å². The van der Waals surface area contributed by atoms with E-state index >= 15 is 0 Å². The van der Waals surface area contributed by atoms with Crippen LogP contribution in [0.25, 0.3) is 0 Å². The van der Waals surface area contributed by atoms with Crippen LogP contribution in [-0.4, -0.2) is 36.6 Å². The van der Waals surface area contributed by atoms with Crippen LogP contribution >= 0.6 is 0 Å².